The Morgan fingerprint density at radius 2 is 1.00 bits per heavy atom. The normalized spacial score (nSPS) is 13.4. The van der Waals surface area contributed by atoms with Crippen molar-refractivity contribution in [3.05, 3.63) is 48.6 Å². The molecule has 0 bridgehead atoms. The molecule has 0 N–H and O–H groups in total. The lowest BCUT2D eigenvalue weighted by Gasteiger charge is -2.34. The lowest BCUT2D eigenvalue weighted by atomic mass is 10.1. The van der Waals surface area contributed by atoms with E-state index in [-0.39, 0.29) is 42.7 Å². The van der Waals surface area contributed by atoms with Gasteiger partial charge in [0.05, 0.1) is 40.3 Å². The van der Waals surface area contributed by atoms with Gasteiger partial charge in [0.15, 0.2) is 6.10 Å². The number of unbranched alkanes of at least 4 members (excludes halogenated alkanes) is 18. The highest BCUT2D eigenvalue weighted by Crippen LogP contribution is 2.14. The number of carboxylic acids is 1. The minimum absolute atomic E-state index is 0.0393. The number of esters is 2. The number of hydrogen-bond acceptors (Lipinski definition) is 7. The predicted molar refractivity (Wildman–Crippen MR) is 231 cm³/mol. The molecule has 0 heterocycles. The molecule has 0 aromatic heterocycles. The van der Waals surface area contributed by atoms with Crippen LogP contribution in [0.3, 0.4) is 0 Å². The molecule has 56 heavy (non-hydrogen) atoms. The van der Waals surface area contributed by atoms with Gasteiger partial charge in [-0.25, -0.2) is 0 Å². The van der Waals surface area contributed by atoms with E-state index in [2.05, 4.69) is 62.5 Å². The van der Waals surface area contributed by atoms with Crippen LogP contribution in [0.25, 0.3) is 0 Å². The third kappa shape index (κ3) is 36.9. The Bertz CT molecular complexity index is 1060. The van der Waals surface area contributed by atoms with Gasteiger partial charge in [0.25, 0.3) is 0 Å². The number of likely N-dealkylation sites (N-methyl/N-ethyl adjacent to an activating group) is 1. The second-order valence-corrected chi connectivity index (χ2v) is 16.3. The number of carbonyl (C=O) groups is 3. The number of nitrogens with zero attached hydrogens (tertiary/aromatic N) is 1. The molecule has 0 saturated carbocycles. The first-order chi connectivity index (χ1) is 27.1. The van der Waals surface area contributed by atoms with Crippen LogP contribution in [0.2, 0.25) is 0 Å². The van der Waals surface area contributed by atoms with Crippen molar-refractivity contribution in [1.29, 1.82) is 0 Å². The maximum Gasteiger partial charge on any atom is 0.306 e. The van der Waals surface area contributed by atoms with Gasteiger partial charge < -0.3 is 28.6 Å². The Kier molecular flexibility index (Phi) is 37.2. The minimum Gasteiger partial charge on any atom is -0.544 e. The van der Waals surface area contributed by atoms with Crippen molar-refractivity contribution in [2.45, 2.75) is 199 Å². The fourth-order valence-corrected chi connectivity index (χ4v) is 6.47. The van der Waals surface area contributed by atoms with Crippen LogP contribution in [0.15, 0.2) is 48.6 Å². The quantitative estimate of drug-likeness (QED) is 0.0264. The Morgan fingerprint density at radius 1 is 0.554 bits per heavy atom. The van der Waals surface area contributed by atoms with Crippen LogP contribution in [-0.2, 0) is 28.6 Å². The summed E-state index contributed by atoms with van der Waals surface area (Å²) in [6.07, 6.45) is 45.6. The van der Waals surface area contributed by atoms with E-state index in [9.17, 15) is 19.5 Å². The molecule has 0 spiro atoms. The summed E-state index contributed by atoms with van der Waals surface area (Å²) in [6.45, 7) is 4.53. The molecule has 0 aromatic rings. The molecule has 0 aliphatic heterocycles. The van der Waals surface area contributed by atoms with Gasteiger partial charge in [-0.2, -0.15) is 0 Å². The molecule has 0 aliphatic carbocycles. The van der Waals surface area contributed by atoms with Crippen molar-refractivity contribution in [3.8, 4) is 0 Å². The minimum atomic E-state index is -1.13. The predicted octanol–water partition coefficient (Wildman–Crippen LogP) is 11.1. The molecule has 0 radical (unpaired) electrons. The average molecular weight is 788 g/mol. The van der Waals surface area contributed by atoms with E-state index in [1.165, 1.54) is 83.5 Å². The second-order valence-electron chi connectivity index (χ2n) is 16.3. The fraction of sp³-hybridized carbons (Fsp3) is 0.771. The summed E-state index contributed by atoms with van der Waals surface area (Å²) in [5, 5.41) is 11.6. The lowest BCUT2D eigenvalue weighted by Crippen LogP contribution is -2.55. The molecule has 0 rings (SSSR count). The molecular weight excluding hydrogens is 703 g/mol. The van der Waals surface area contributed by atoms with Crippen LogP contribution >= 0.6 is 0 Å². The number of carboxylic acid groups (broad SMARTS) is 1. The number of rotatable bonds is 40. The van der Waals surface area contributed by atoms with E-state index in [1.807, 2.05) is 0 Å². The van der Waals surface area contributed by atoms with Crippen molar-refractivity contribution < 1.29 is 38.2 Å². The molecule has 8 heteroatoms. The third-order valence-corrected chi connectivity index (χ3v) is 9.98. The van der Waals surface area contributed by atoms with Crippen LogP contribution in [-0.4, -0.2) is 75.5 Å². The zero-order valence-electron chi connectivity index (χ0n) is 36.8. The van der Waals surface area contributed by atoms with E-state index in [4.69, 9.17) is 14.2 Å². The number of carbonyl (C=O) groups excluding carboxylic acids is 3. The van der Waals surface area contributed by atoms with Crippen molar-refractivity contribution in [2.24, 2.45) is 0 Å². The van der Waals surface area contributed by atoms with E-state index < -0.39 is 18.1 Å². The summed E-state index contributed by atoms with van der Waals surface area (Å²) in [5.74, 6) is -1.74. The van der Waals surface area contributed by atoms with Crippen LogP contribution in [0, 0.1) is 0 Å². The molecule has 0 saturated heterocycles. The third-order valence-electron chi connectivity index (χ3n) is 9.98. The van der Waals surface area contributed by atoms with Crippen LogP contribution in [0.5, 0.6) is 0 Å². The summed E-state index contributed by atoms with van der Waals surface area (Å²) in [6, 6.07) is -0.725. The zero-order valence-corrected chi connectivity index (χ0v) is 36.8. The Balaban J connectivity index is 4.26. The summed E-state index contributed by atoms with van der Waals surface area (Å²) in [4.78, 5) is 36.8. The molecule has 0 amide bonds. The first kappa shape index (κ1) is 53.3. The van der Waals surface area contributed by atoms with E-state index in [0.29, 0.717) is 12.8 Å². The maximum absolute atomic E-state index is 12.7. The molecule has 0 aromatic carbocycles. The summed E-state index contributed by atoms with van der Waals surface area (Å²) >= 11 is 0. The standard InChI is InChI=1S/C48H85NO7/c1-6-8-10-12-14-16-18-19-20-21-22-23-24-25-26-27-28-29-31-33-35-37-39-47(51)56-44(42-54-41-40-45(48(52)53)49(3,4)5)43-55-46(50)38-36-34-32-30-17-15-13-11-9-7-2/h8,10,14,16,19-20,22-23,44-45H,6-7,9,11-13,15,17-18,21,24-43H2,1-5H3/b10-8+,16-14+,20-19+,23-22+. The highest BCUT2D eigenvalue weighted by molar-refractivity contribution is 5.70. The van der Waals surface area contributed by atoms with Crippen molar-refractivity contribution in [2.75, 3.05) is 41.0 Å². The second kappa shape index (κ2) is 39.1. The number of quaternary nitrogens is 1. The van der Waals surface area contributed by atoms with Crippen LogP contribution < -0.4 is 5.11 Å². The Labute approximate surface area is 344 Å². The van der Waals surface area contributed by atoms with Gasteiger partial charge >= 0.3 is 11.9 Å². The van der Waals surface area contributed by atoms with Gasteiger partial charge in [-0.15, -0.1) is 0 Å². The van der Waals surface area contributed by atoms with Crippen LogP contribution in [0.1, 0.15) is 187 Å². The smallest absolute Gasteiger partial charge is 0.306 e. The largest absolute Gasteiger partial charge is 0.544 e. The molecule has 2 atom stereocenters. The van der Waals surface area contributed by atoms with Gasteiger partial charge in [-0.1, -0.05) is 165 Å². The molecular formula is C48H85NO7. The van der Waals surface area contributed by atoms with Crippen molar-refractivity contribution in [1.82, 2.24) is 0 Å². The van der Waals surface area contributed by atoms with Crippen molar-refractivity contribution in [3.63, 3.8) is 0 Å². The summed E-state index contributed by atoms with van der Waals surface area (Å²) in [7, 11) is 5.40. The van der Waals surface area contributed by atoms with Crippen LogP contribution in [0.4, 0.5) is 0 Å². The topological polar surface area (TPSA) is 102 Å². The van der Waals surface area contributed by atoms with Gasteiger partial charge in [-0.05, 0) is 51.4 Å². The maximum atomic E-state index is 12.7. The first-order valence-corrected chi connectivity index (χ1v) is 22.7. The van der Waals surface area contributed by atoms with E-state index in [1.54, 1.807) is 21.1 Å². The highest BCUT2D eigenvalue weighted by Gasteiger charge is 2.25. The zero-order chi connectivity index (χ0) is 41.4. The Morgan fingerprint density at radius 3 is 1.48 bits per heavy atom. The van der Waals surface area contributed by atoms with E-state index >= 15 is 0 Å². The lowest BCUT2D eigenvalue weighted by molar-refractivity contribution is -0.889. The Hall–Kier alpha value is -2.71. The number of aliphatic carboxylic acids is 1. The number of ether oxygens (including phenoxy) is 3. The monoisotopic (exact) mass is 788 g/mol. The average Bonchev–Trinajstić information content (AvgIpc) is 3.15. The van der Waals surface area contributed by atoms with Gasteiger partial charge in [0.2, 0.25) is 0 Å². The summed E-state index contributed by atoms with van der Waals surface area (Å²) < 4.78 is 17.1. The van der Waals surface area contributed by atoms with Gasteiger partial charge in [0, 0.05) is 19.3 Å². The highest BCUT2D eigenvalue weighted by atomic mass is 16.6. The number of allylic oxidation sites excluding steroid dienone is 8. The summed E-state index contributed by atoms with van der Waals surface area (Å²) in [5.41, 5.74) is 0. The van der Waals surface area contributed by atoms with Gasteiger partial charge in [-0.3, -0.25) is 9.59 Å². The molecule has 0 aliphatic rings. The molecule has 0 fully saturated rings. The molecule has 2 unspecified atom stereocenters. The SMILES string of the molecule is CC/C=C/C/C=C/C/C=C/C/C=C/CCCCCCCCCCCC(=O)OC(COCCC(C(=O)[O-])[N+](C)(C)C)COC(=O)CCCCCCCCCCCC. The molecule has 8 nitrogen and oxygen atoms in total. The van der Waals surface area contributed by atoms with E-state index in [0.717, 1.165) is 70.6 Å². The fourth-order valence-electron chi connectivity index (χ4n) is 6.47. The van der Waals surface area contributed by atoms with Gasteiger partial charge in [0.1, 0.15) is 12.6 Å². The molecule has 324 valence electrons. The van der Waals surface area contributed by atoms with Crippen molar-refractivity contribution >= 4 is 17.9 Å². The number of hydrogen-bond donors (Lipinski definition) is 0. The first-order valence-electron chi connectivity index (χ1n) is 22.7.